The van der Waals surface area contributed by atoms with E-state index in [1.54, 1.807) is 0 Å². The van der Waals surface area contributed by atoms with Crippen molar-refractivity contribution in [2.24, 2.45) is 5.73 Å². The lowest BCUT2D eigenvalue weighted by Gasteiger charge is -2.27. The van der Waals surface area contributed by atoms with Crippen LogP contribution in [-0.2, 0) is 0 Å². The number of halogens is 1. The lowest BCUT2D eigenvalue weighted by atomic mass is 10.4. The summed E-state index contributed by atoms with van der Waals surface area (Å²) in [5.74, 6) is 0.715. The van der Waals surface area contributed by atoms with Crippen LogP contribution in [0.4, 0.5) is 0 Å². The molecule has 2 nitrogen and oxygen atoms in total. The van der Waals surface area contributed by atoms with Crippen molar-refractivity contribution in [1.82, 2.24) is 0 Å². The van der Waals surface area contributed by atoms with Gasteiger partial charge >= 0.3 is 0 Å². The first-order valence-electron chi connectivity index (χ1n) is 3.20. The molecule has 0 heterocycles. The summed E-state index contributed by atoms with van der Waals surface area (Å²) in [7, 11) is 4.27. The number of likely N-dealkylation sites (N-methyl/N-ethyl adjacent to an activating group) is 1. The third kappa shape index (κ3) is 4.70. The number of rotatable bonds is 4. The van der Waals surface area contributed by atoms with Crippen LogP contribution in [0.3, 0.4) is 0 Å². The van der Waals surface area contributed by atoms with Gasteiger partial charge in [-0.2, -0.15) is 0 Å². The number of nitrogens with two attached hydrogens (primary N) is 1. The highest BCUT2D eigenvalue weighted by Crippen LogP contribution is 1.94. The molecule has 0 atom stereocenters. The maximum Gasteiger partial charge on any atom is 0.0920 e. The van der Waals surface area contributed by atoms with E-state index in [1.807, 2.05) is 0 Å². The highest BCUT2D eigenvalue weighted by molar-refractivity contribution is 6.17. The Morgan fingerprint density at radius 3 is 2.22 bits per heavy atom. The van der Waals surface area contributed by atoms with Crippen molar-refractivity contribution in [3.05, 3.63) is 0 Å². The van der Waals surface area contributed by atoms with Gasteiger partial charge in [0, 0.05) is 6.54 Å². The lowest BCUT2D eigenvalue weighted by molar-refractivity contribution is -0.886. The molecular weight excluding hydrogens is 136 g/mol. The van der Waals surface area contributed by atoms with Gasteiger partial charge in [-0.05, 0) is 0 Å². The van der Waals surface area contributed by atoms with Crippen molar-refractivity contribution in [2.45, 2.75) is 0 Å². The van der Waals surface area contributed by atoms with E-state index in [2.05, 4.69) is 14.1 Å². The Morgan fingerprint density at radius 2 is 1.89 bits per heavy atom. The molecule has 0 amide bonds. The Hall–Kier alpha value is 0.210. The number of alkyl halides is 1. The van der Waals surface area contributed by atoms with Gasteiger partial charge in [-0.15, -0.1) is 11.6 Å². The summed E-state index contributed by atoms with van der Waals surface area (Å²) in [6.45, 7) is 2.75. The maximum absolute atomic E-state index is 5.57. The van der Waals surface area contributed by atoms with E-state index in [0.29, 0.717) is 5.88 Å². The van der Waals surface area contributed by atoms with Crippen LogP contribution in [0.25, 0.3) is 0 Å². The summed E-state index contributed by atoms with van der Waals surface area (Å²) in [4.78, 5) is 0. The van der Waals surface area contributed by atoms with E-state index in [4.69, 9.17) is 17.3 Å². The smallest absolute Gasteiger partial charge is 0.0920 e. The molecule has 0 aliphatic heterocycles. The Bertz CT molecular complexity index is 65.5. The Kier molecular flexibility index (Phi) is 4.19. The van der Waals surface area contributed by atoms with Crippen LogP contribution >= 0.6 is 11.6 Å². The number of hydrogen-bond acceptors (Lipinski definition) is 1. The molecule has 0 aromatic rings. The Balaban J connectivity index is 3.43. The zero-order valence-corrected chi connectivity index (χ0v) is 6.99. The molecule has 3 heteroatoms. The molecule has 0 bridgehead atoms. The second kappa shape index (κ2) is 4.09. The van der Waals surface area contributed by atoms with Crippen molar-refractivity contribution >= 4 is 11.6 Å². The zero-order valence-electron chi connectivity index (χ0n) is 6.23. The zero-order chi connectivity index (χ0) is 7.33. The molecule has 0 rings (SSSR count). The monoisotopic (exact) mass is 151 g/mol. The fourth-order valence-electron chi connectivity index (χ4n) is 0.690. The van der Waals surface area contributed by atoms with Gasteiger partial charge in [-0.1, -0.05) is 0 Å². The lowest BCUT2D eigenvalue weighted by Crippen LogP contribution is -2.44. The van der Waals surface area contributed by atoms with E-state index in [1.165, 1.54) is 0 Å². The molecule has 9 heavy (non-hydrogen) atoms. The predicted octanol–water partition coefficient (Wildman–Crippen LogP) is 0.260. The summed E-state index contributed by atoms with van der Waals surface area (Å²) >= 11 is 5.57. The van der Waals surface area contributed by atoms with E-state index < -0.39 is 0 Å². The van der Waals surface area contributed by atoms with Crippen molar-refractivity contribution in [1.29, 1.82) is 0 Å². The second-order valence-electron chi connectivity index (χ2n) is 2.86. The first-order chi connectivity index (χ1) is 4.12. The number of hydrogen-bond donors (Lipinski definition) is 1. The minimum absolute atomic E-state index is 0.715. The van der Waals surface area contributed by atoms with Crippen molar-refractivity contribution in [2.75, 3.05) is 39.6 Å². The van der Waals surface area contributed by atoms with Crippen molar-refractivity contribution in [3.8, 4) is 0 Å². The van der Waals surface area contributed by atoms with Gasteiger partial charge in [-0.25, -0.2) is 0 Å². The molecule has 0 aromatic carbocycles. The normalized spacial score (nSPS) is 12.0. The minimum Gasteiger partial charge on any atom is -0.326 e. The number of nitrogens with zero attached hydrogens (tertiary/aromatic N) is 1. The minimum atomic E-state index is 0.715. The topological polar surface area (TPSA) is 26.0 Å². The molecule has 0 radical (unpaired) electrons. The highest BCUT2D eigenvalue weighted by atomic mass is 35.5. The predicted molar refractivity (Wildman–Crippen MR) is 41.6 cm³/mol. The fraction of sp³-hybridized carbons (Fsp3) is 1.00. The molecule has 0 saturated carbocycles. The highest BCUT2D eigenvalue weighted by Gasteiger charge is 2.10. The molecule has 0 unspecified atom stereocenters. The van der Waals surface area contributed by atoms with Gasteiger partial charge in [0.1, 0.15) is 0 Å². The average molecular weight is 152 g/mol. The van der Waals surface area contributed by atoms with Crippen LogP contribution in [0.1, 0.15) is 0 Å². The van der Waals surface area contributed by atoms with E-state index in [9.17, 15) is 0 Å². The second-order valence-corrected chi connectivity index (χ2v) is 3.24. The van der Waals surface area contributed by atoms with Crippen LogP contribution in [-0.4, -0.2) is 44.1 Å². The summed E-state index contributed by atoms with van der Waals surface area (Å²) < 4.78 is 0.931. The van der Waals surface area contributed by atoms with Gasteiger partial charge in [0.05, 0.1) is 33.1 Å². The fourth-order valence-corrected chi connectivity index (χ4v) is 1.15. The maximum atomic E-state index is 5.57. The first kappa shape index (κ1) is 9.21. The molecule has 0 aliphatic carbocycles. The quantitative estimate of drug-likeness (QED) is 0.453. The van der Waals surface area contributed by atoms with Gasteiger partial charge in [0.15, 0.2) is 0 Å². The molecule has 2 N–H and O–H groups in total. The standard InChI is InChI=1S/C6H16ClN2/c1-9(2,5-3-7)6-4-8/h3-6,8H2,1-2H3/q+1. The van der Waals surface area contributed by atoms with E-state index in [-0.39, 0.29) is 0 Å². The summed E-state index contributed by atoms with van der Waals surface area (Å²) in [6.07, 6.45) is 0. The van der Waals surface area contributed by atoms with Gasteiger partial charge in [0.2, 0.25) is 0 Å². The summed E-state index contributed by atoms with van der Waals surface area (Å²) in [5.41, 5.74) is 5.39. The van der Waals surface area contributed by atoms with Crippen LogP contribution in [0.5, 0.6) is 0 Å². The number of quaternary nitrogens is 1. The SMILES string of the molecule is C[N+](C)(CCN)CCCl. The summed E-state index contributed by atoms with van der Waals surface area (Å²) in [6, 6.07) is 0. The third-order valence-corrected chi connectivity index (χ3v) is 1.59. The largest absolute Gasteiger partial charge is 0.326 e. The van der Waals surface area contributed by atoms with Gasteiger partial charge in [0.25, 0.3) is 0 Å². The Labute approximate surface area is 62.2 Å². The molecular formula is C6H16ClN2+. The van der Waals surface area contributed by atoms with Gasteiger partial charge < -0.3 is 10.2 Å². The van der Waals surface area contributed by atoms with Crippen LogP contribution in [0, 0.1) is 0 Å². The van der Waals surface area contributed by atoms with Crippen molar-refractivity contribution in [3.63, 3.8) is 0 Å². The van der Waals surface area contributed by atoms with Crippen LogP contribution in [0.15, 0.2) is 0 Å². The van der Waals surface area contributed by atoms with E-state index in [0.717, 1.165) is 24.1 Å². The van der Waals surface area contributed by atoms with Crippen LogP contribution < -0.4 is 5.73 Å². The average Bonchev–Trinajstić information content (AvgIpc) is 1.64. The Morgan fingerprint density at radius 1 is 1.33 bits per heavy atom. The van der Waals surface area contributed by atoms with Crippen LogP contribution in [0.2, 0.25) is 0 Å². The molecule has 0 saturated heterocycles. The first-order valence-corrected chi connectivity index (χ1v) is 3.74. The molecule has 0 aliphatic rings. The molecule has 0 aromatic heterocycles. The van der Waals surface area contributed by atoms with Crippen molar-refractivity contribution < 1.29 is 4.48 Å². The van der Waals surface area contributed by atoms with Gasteiger partial charge in [-0.3, -0.25) is 0 Å². The molecule has 0 fully saturated rings. The third-order valence-electron chi connectivity index (χ3n) is 1.42. The van der Waals surface area contributed by atoms with E-state index >= 15 is 0 Å². The summed E-state index contributed by atoms with van der Waals surface area (Å²) in [5, 5.41) is 0. The molecule has 0 spiro atoms. The molecule has 56 valence electrons.